The lowest BCUT2D eigenvalue weighted by Crippen LogP contribution is -2.33. The Bertz CT molecular complexity index is 552. The molecular formula is C16H17NO2. The van der Waals surface area contributed by atoms with Gasteiger partial charge in [0, 0.05) is 12.2 Å². The second-order valence-corrected chi connectivity index (χ2v) is 4.21. The Labute approximate surface area is 113 Å². The van der Waals surface area contributed by atoms with E-state index in [9.17, 15) is 4.79 Å². The second-order valence-electron chi connectivity index (χ2n) is 4.21. The summed E-state index contributed by atoms with van der Waals surface area (Å²) in [6, 6.07) is 16.9. The maximum atomic E-state index is 12.2. The van der Waals surface area contributed by atoms with E-state index in [1.165, 1.54) is 0 Å². The van der Waals surface area contributed by atoms with Crippen molar-refractivity contribution in [3.8, 4) is 5.75 Å². The lowest BCUT2D eigenvalue weighted by molar-refractivity contribution is 0.208. The van der Waals surface area contributed by atoms with Gasteiger partial charge in [0.05, 0.1) is 0 Å². The number of rotatable bonds is 3. The monoisotopic (exact) mass is 255 g/mol. The Hall–Kier alpha value is -2.29. The minimum atomic E-state index is -0.358. The minimum absolute atomic E-state index is 0.358. The quantitative estimate of drug-likeness (QED) is 0.829. The molecule has 0 radical (unpaired) electrons. The Balaban J connectivity index is 2.19. The first-order valence-electron chi connectivity index (χ1n) is 6.32. The van der Waals surface area contributed by atoms with Gasteiger partial charge in [-0.1, -0.05) is 36.4 Å². The zero-order valence-corrected chi connectivity index (χ0v) is 11.2. The van der Waals surface area contributed by atoms with Crippen LogP contribution in [0.1, 0.15) is 12.5 Å². The van der Waals surface area contributed by atoms with Crippen LogP contribution in [0.15, 0.2) is 54.6 Å². The van der Waals surface area contributed by atoms with E-state index in [-0.39, 0.29) is 6.09 Å². The third-order valence-corrected chi connectivity index (χ3v) is 2.89. The van der Waals surface area contributed by atoms with E-state index >= 15 is 0 Å². The van der Waals surface area contributed by atoms with Crippen LogP contribution in [0.3, 0.4) is 0 Å². The minimum Gasteiger partial charge on any atom is -0.410 e. The van der Waals surface area contributed by atoms with Gasteiger partial charge in [0.15, 0.2) is 0 Å². The SMILES string of the molecule is CCN(C(=O)Oc1ccccc1)c1ccccc1C. The number of carbonyl (C=O) groups excluding carboxylic acids is 1. The molecule has 0 N–H and O–H groups in total. The lowest BCUT2D eigenvalue weighted by atomic mass is 10.2. The predicted molar refractivity (Wildman–Crippen MR) is 76.7 cm³/mol. The van der Waals surface area contributed by atoms with Gasteiger partial charge in [-0.15, -0.1) is 0 Å². The Morgan fingerprint density at radius 1 is 1.05 bits per heavy atom. The third-order valence-electron chi connectivity index (χ3n) is 2.89. The van der Waals surface area contributed by atoms with Crippen molar-refractivity contribution in [2.45, 2.75) is 13.8 Å². The molecule has 3 heteroatoms. The number of nitrogens with zero attached hydrogens (tertiary/aromatic N) is 1. The van der Waals surface area contributed by atoms with Crippen molar-refractivity contribution in [3.63, 3.8) is 0 Å². The molecule has 2 aromatic carbocycles. The molecule has 1 amide bonds. The average Bonchev–Trinajstić information content (AvgIpc) is 2.43. The summed E-state index contributed by atoms with van der Waals surface area (Å²) in [5, 5.41) is 0. The largest absolute Gasteiger partial charge is 0.419 e. The second kappa shape index (κ2) is 6.05. The maximum absolute atomic E-state index is 12.2. The number of aryl methyl sites for hydroxylation is 1. The van der Waals surface area contributed by atoms with E-state index in [4.69, 9.17) is 4.74 Å². The van der Waals surface area contributed by atoms with Crippen molar-refractivity contribution in [1.82, 2.24) is 0 Å². The molecule has 0 aliphatic rings. The summed E-state index contributed by atoms with van der Waals surface area (Å²) in [5.41, 5.74) is 1.93. The highest BCUT2D eigenvalue weighted by Crippen LogP contribution is 2.21. The van der Waals surface area contributed by atoms with Crippen molar-refractivity contribution in [3.05, 3.63) is 60.2 Å². The standard InChI is InChI=1S/C16H17NO2/c1-3-17(15-12-8-7-9-13(15)2)16(18)19-14-10-5-4-6-11-14/h4-12H,3H2,1-2H3. The fourth-order valence-corrected chi connectivity index (χ4v) is 1.91. The smallest absolute Gasteiger partial charge is 0.410 e. The van der Waals surface area contributed by atoms with Crippen molar-refractivity contribution in [2.75, 3.05) is 11.4 Å². The summed E-state index contributed by atoms with van der Waals surface area (Å²) in [6.07, 6.45) is -0.358. The lowest BCUT2D eigenvalue weighted by Gasteiger charge is -2.22. The van der Waals surface area contributed by atoms with Gasteiger partial charge in [-0.25, -0.2) is 4.79 Å². The normalized spacial score (nSPS) is 10.0. The molecule has 2 aromatic rings. The molecule has 19 heavy (non-hydrogen) atoms. The zero-order valence-electron chi connectivity index (χ0n) is 11.2. The van der Waals surface area contributed by atoms with Gasteiger partial charge in [-0.05, 0) is 37.6 Å². The fourth-order valence-electron chi connectivity index (χ4n) is 1.91. The van der Waals surface area contributed by atoms with Crippen molar-refractivity contribution < 1.29 is 9.53 Å². The third kappa shape index (κ3) is 3.13. The summed E-state index contributed by atoms with van der Waals surface area (Å²) < 4.78 is 5.36. The average molecular weight is 255 g/mol. The van der Waals surface area contributed by atoms with E-state index in [0.29, 0.717) is 12.3 Å². The van der Waals surface area contributed by atoms with Gasteiger partial charge < -0.3 is 4.74 Å². The summed E-state index contributed by atoms with van der Waals surface area (Å²) in [6.45, 7) is 4.48. The number of carbonyl (C=O) groups is 1. The Morgan fingerprint density at radius 3 is 2.32 bits per heavy atom. The van der Waals surface area contributed by atoms with Crippen LogP contribution in [0.25, 0.3) is 0 Å². The van der Waals surface area contributed by atoms with Crippen LogP contribution in [0.5, 0.6) is 5.75 Å². The molecule has 98 valence electrons. The van der Waals surface area contributed by atoms with Crippen LogP contribution in [0, 0.1) is 6.92 Å². The Morgan fingerprint density at radius 2 is 1.68 bits per heavy atom. The highest BCUT2D eigenvalue weighted by Gasteiger charge is 2.17. The molecule has 0 saturated heterocycles. The van der Waals surface area contributed by atoms with Gasteiger partial charge in [0.2, 0.25) is 0 Å². The number of amides is 1. The molecule has 0 aliphatic heterocycles. The van der Waals surface area contributed by atoms with Crippen LogP contribution in [0.2, 0.25) is 0 Å². The number of para-hydroxylation sites is 2. The first kappa shape index (κ1) is 13.1. The van der Waals surface area contributed by atoms with Gasteiger partial charge in [0.25, 0.3) is 0 Å². The number of hydrogen-bond acceptors (Lipinski definition) is 2. The summed E-state index contributed by atoms with van der Waals surface area (Å²) in [4.78, 5) is 13.8. The van der Waals surface area contributed by atoms with Gasteiger partial charge in [-0.3, -0.25) is 4.90 Å². The molecule has 0 aromatic heterocycles. The fraction of sp³-hybridized carbons (Fsp3) is 0.188. The molecule has 3 nitrogen and oxygen atoms in total. The highest BCUT2D eigenvalue weighted by atomic mass is 16.6. The van der Waals surface area contributed by atoms with Crippen molar-refractivity contribution in [1.29, 1.82) is 0 Å². The van der Waals surface area contributed by atoms with Gasteiger partial charge in [-0.2, -0.15) is 0 Å². The molecule has 2 rings (SSSR count). The zero-order chi connectivity index (χ0) is 13.7. The van der Waals surface area contributed by atoms with Crippen LogP contribution < -0.4 is 9.64 Å². The highest BCUT2D eigenvalue weighted by molar-refractivity contribution is 5.89. The molecule has 0 spiro atoms. The summed E-state index contributed by atoms with van der Waals surface area (Å²) in [7, 11) is 0. The number of hydrogen-bond donors (Lipinski definition) is 0. The predicted octanol–water partition coefficient (Wildman–Crippen LogP) is 4.02. The van der Waals surface area contributed by atoms with E-state index in [2.05, 4.69) is 0 Å². The Kier molecular flexibility index (Phi) is 4.18. The number of ether oxygens (including phenoxy) is 1. The first-order valence-corrected chi connectivity index (χ1v) is 6.32. The first-order chi connectivity index (χ1) is 9.22. The molecule has 0 saturated carbocycles. The molecule has 0 heterocycles. The molecular weight excluding hydrogens is 238 g/mol. The molecule has 0 unspecified atom stereocenters. The van der Waals surface area contributed by atoms with Crippen LogP contribution in [-0.4, -0.2) is 12.6 Å². The van der Waals surface area contributed by atoms with E-state index in [1.807, 2.05) is 56.3 Å². The van der Waals surface area contributed by atoms with E-state index in [1.54, 1.807) is 17.0 Å². The van der Waals surface area contributed by atoms with Crippen LogP contribution >= 0.6 is 0 Å². The van der Waals surface area contributed by atoms with Gasteiger partial charge in [0.1, 0.15) is 5.75 Å². The topological polar surface area (TPSA) is 29.5 Å². The summed E-state index contributed by atoms with van der Waals surface area (Å²) in [5.74, 6) is 0.555. The van der Waals surface area contributed by atoms with Gasteiger partial charge >= 0.3 is 6.09 Å². The molecule has 0 atom stereocenters. The summed E-state index contributed by atoms with van der Waals surface area (Å²) >= 11 is 0. The number of benzene rings is 2. The number of anilines is 1. The van der Waals surface area contributed by atoms with Crippen molar-refractivity contribution in [2.24, 2.45) is 0 Å². The molecule has 0 bridgehead atoms. The van der Waals surface area contributed by atoms with E-state index in [0.717, 1.165) is 11.3 Å². The maximum Gasteiger partial charge on any atom is 0.419 e. The molecule has 0 aliphatic carbocycles. The van der Waals surface area contributed by atoms with Crippen LogP contribution in [0.4, 0.5) is 10.5 Å². The van der Waals surface area contributed by atoms with Crippen LogP contribution in [-0.2, 0) is 0 Å². The van der Waals surface area contributed by atoms with Crippen molar-refractivity contribution >= 4 is 11.8 Å². The van der Waals surface area contributed by atoms with E-state index < -0.39 is 0 Å². The molecule has 0 fully saturated rings.